The van der Waals surface area contributed by atoms with E-state index in [1.807, 2.05) is 23.0 Å². The van der Waals surface area contributed by atoms with Gasteiger partial charge in [-0.2, -0.15) is 5.10 Å². The molecule has 0 aliphatic heterocycles. The highest BCUT2D eigenvalue weighted by atomic mass is 16.5. The van der Waals surface area contributed by atoms with Crippen LogP contribution in [0.3, 0.4) is 0 Å². The zero-order valence-corrected chi connectivity index (χ0v) is 10.6. The molecule has 3 aromatic rings. The van der Waals surface area contributed by atoms with E-state index in [2.05, 4.69) is 36.2 Å². The van der Waals surface area contributed by atoms with E-state index in [4.69, 9.17) is 4.52 Å². The first-order valence-electron chi connectivity index (χ1n) is 6.24. The molecule has 0 N–H and O–H groups in total. The van der Waals surface area contributed by atoms with Crippen molar-refractivity contribution < 1.29 is 4.52 Å². The zero-order chi connectivity index (χ0) is 12.5. The molecule has 0 aliphatic carbocycles. The number of rotatable bonds is 3. The van der Waals surface area contributed by atoms with Crippen LogP contribution in [0.5, 0.6) is 0 Å². The second kappa shape index (κ2) is 4.29. The van der Waals surface area contributed by atoms with Gasteiger partial charge in [0.15, 0.2) is 0 Å². The van der Waals surface area contributed by atoms with Gasteiger partial charge in [-0.15, -0.1) is 0 Å². The highest BCUT2D eigenvalue weighted by Crippen LogP contribution is 2.26. The Hall–Kier alpha value is -2.10. The summed E-state index contributed by atoms with van der Waals surface area (Å²) in [7, 11) is 0. The molecule has 2 heterocycles. The Morgan fingerprint density at radius 2 is 2.11 bits per heavy atom. The molecule has 0 radical (unpaired) electrons. The fraction of sp³-hybridized carbons (Fsp3) is 0.286. The second-order valence-corrected chi connectivity index (χ2v) is 4.22. The van der Waals surface area contributed by atoms with Crippen LogP contribution in [0.2, 0.25) is 0 Å². The predicted molar refractivity (Wildman–Crippen MR) is 70.3 cm³/mol. The number of aromatic nitrogens is 3. The summed E-state index contributed by atoms with van der Waals surface area (Å²) < 4.78 is 7.31. The van der Waals surface area contributed by atoms with Crippen LogP contribution in [0, 0.1) is 0 Å². The van der Waals surface area contributed by atoms with Crippen molar-refractivity contribution in [1.82, 2.24) is 14.9 Å². The number of fused-ring (bicyclic) bond motifs is 1. The second-order valence-electron chi connectivity index (χ2n) is 4.22. The Kier molecular flexibility index (Phi) is 2.63. The highest BCUT2D eigenvalue weighted by molar-refractivity contribution is 5.85. The normalized spacial score (nSPS) is 11.2. The van der Waals surface area contributed by atoms with Crippen LogP contribution >= 0.6 is 0 Å². The lowest BCUT2D eigenvalue weighted by Crippen LogP contribution is -1.98. The zero-order valence-electron chi connectivity index (χ0n) is 10.6. The molecular formula is C14H15N3O. The lowest BCUT2D eigenvalue weighted by molar-refractivity contribution is 0.395. The Bertz CT molecular complexity index is 681. The fourth-order valence-corrected chi connectivity index (χ4v) is 2.24. The van der Waals surface area contributed by atoms with E-state index in [1.54, 1.807) is 0 Å². The molecule has 1 aromatic carbocycles. The molecule has 3 rings (SSSR count). The molecule has 92 valence electrons. The average Bonchev–Trinajstić information content (AvgIpc) is 3.03. The van der Waals surface area contributed by atoms with Crippen LogP contribution in [0.25, 0.3) is 22.2 Å². The van der Waals surface area contributed by atoms with Crippen molar-refractivity contribution in [3.63, 3.8) is 0 Å². The van der Waals surface area contributed by atoms with Crippen molar-refractivity contribution in [3.05, 3.63) is 36.2 Å². The third kappa shape index (κ3) is 1.61. The van der Waals surface area contributed by atoms with Crippen LogP contribution in [0.4, 0.5) is 0 Å². The van der Waals surface area contributed by atoms with Gasteiger partial charge in [0.2, 0.25) is 0 Å². The topological polar surface area (TPSA) is 43.9 Å². The summed E-state index contributed by atoms with van der Waals surface area (Å²) in [6.45, 7) is 5.03. The van der Waals surface area contributed by atoms with E-state index < -0.39 is 0 Å². The Labute approximate surface area is 105 Å². The van der Waals surface area contributed by atoms with E-state index in [9.17, 15) is 0 Å². The summed E-state index contributed by atoms with van der Waals surface area (Å²) in [5, 5.41) is 9.45. The van der Waals surface area contributed by atoms with Crippen molar-refractivity contribution in [2.24, 2.45) is 0 Å². The maximum Gasteiger partial charge on any atom is 0.144 e. The standard InChI is InChI=1S/C14H15N3O/c1-3-14-11-9-10(5-6-12(11)16-18-14)13-7-8-15-17(13)4-2/h5-9H,3-4H2,1-2H3. The smallest absolute Gasteiger partial charge is 0.144 e. The number of hydrogen-bond donors (Lipinski definition) is 0. The first-order valence-corrected chi connectivity index (χ1v) is 6.24. The summed E-state index contributed by atoms with van der Waals surface area (Å²) in [5.41, 5.74) is 3.19. The molecular weight excluding hydrogens is 226 g/mol. The molecule has 2 aromatic heterocycles. The molecule has 0 bridgehead atoms. The minimum Gasteiger partial charge on any atom is -0.360 e. The van der Waals surface area contributed by atoms with E-state index in [0.717, 1.165) is 40.9 Å². The number of benzene rings is 1. The van der Waals surface area contributed by atoms with Crippen LogP contribution in [0.1, 0.15) is 19.6 Å². The molecule has 0 spiro atoms. The molecule has 0 amide bonds. The van der Waals surface area contributed by atoms with Gasteiger partial charge in [-0.05, 0) is 25.1 Å². The molecule has 18 heavy (non-hydrogen) atoms. The van der Waals surface area contributed by atoms with Crippen LogP contribution in [-0.2, 0) is 13.0 Å². The third-order valence-corrected chi connectivity index (χ3v) is 3.18. The SMILES string of the molecule is CCc1onc2ccc(-c3ccnn3CC)cc12. The predicted octanol–water partition coefficient (Wildman–Crippen LogP) is 3.27. The summed E-state index contributed by atoms with van der Waals surface area (Å²) in [6.07, 6.45) is 2.68. The van der Waals surface area contributed by atoms with Crippen molar-refractivity contribution >= 4 is 10.9 Å². The molecule has 0 unspecified atom stereocenters. The summed E-state index contributed by atoms with van der Waals surface area (Å²) in [4.78, 5) is 0. The minimum absolute atomic E-state index is 0.854. The third-order valence-electron chi connectivity index (χ3n) is 3.18. The Morgan fingerprint density at radius 1 is 1.22 bits per heavy atom. The van der Waals surface area contributed by atoms with E-state index in [1.165, 1.54) is 0 Å². The van der Waals surface area contributed by atoms with Crippen molar-refractivity contribution in [2.45, 2.75) is 26.8 Å². The number of nitrogens with zero attached hydrogens (tertiary/aromatic N) is 3. The quantitative estimate of drug-likeness (QED) is 0.706. The van der Waals surface area contributed by atoms with Gasteiger partial charge in [0.25, 0.3) is 0 Å². The number of aryl methyl sites for hydroxylation is 2. The van der Waals surface area contributed by atoms with Gasteiger partial charge in [-0.25, -0.2) is 0 Å². The summed E-state index contributed by atoms with van der Waals surface area (Å²) in [6, 6.07) is 8.23. The van der Waals surface area contributed by atoms with E-state index in [0.29, 0.717) is 0 Å². The van der Waals surface area contributed by atoms with E-state index in [-0.39, 0.29) is 0 Å². The largest absolute Gasteiger partial charge is 0.360 e. The van der Waals surface area contributed by atoms with Gasteiger partial charge in [-0.3, -0.25) is 4.68 Å². The molecule has 0 saturated carbocycles. The summed E-state index contributed by atoms with van der Waals surface area (Å²) in [5.74, 6) is 0.939. The van der Waals surface area contributed by atoms with Gasteiger partial charge in [-0.1, -0.05) is 18.1 Å². The first kappa shape index (κ1) is 11.0. The molecule has 0 atom stereocenters. The van der Waals surface area contributed by atoms with Gasteiger partial charge in [0.05, 0.1) is 5.69 Å². The monoisotopic (exact) mass is 241 g/mol. The van der Waals surface area contributed by atoms with Crippen molar-refractivity contribution in [3.8, 4) is 11.3 Å². The number of hydrogen-bond acceptors (Lipinski definition) is 3. The van der Waals surface area contributed by atoms with Gasteiger partial charge >= 0.3 is 0 Å². The Morgan fingerprint density at radius 3 is 2.89 bits per heavy atom. The van der Waals surface area contributed by atoms with Crippen LogP contribution in [-0.4, -0.2) is 14.9 Å². The maximum absolute atomic E-state index is 5.32. The van der Waals surface area contributed by atoms with Crippen molar-refractivity contribution in [1.29, 1.82) is 0 Å². The lowest BCUT2D eigenvalue weighted by Gasteiger charge is -2.04. The minimum atomic E-state index is 0.854. The fourth-order valence-electron chi connectivity index (χ4n) is 2.24. The Balaban J connectivity index is 2.18. The molecule has 4 heteroatoms. The summed E-state index contributed by atoms with van der Waals surface area (Å²) >= 11 is 0. The molecule has 0 fully saturated rings. The van der Waals surface area contributed by atoms with Gasteiger partial charge < -0.3 is 4.52 Å². The molecule has 0 saturated heterocycles. The van der Waals surface area contributed by atoms with Gasteiger partial charge in [0.1, 0.15) is 11.3 Å². The lowest BCUT2D eigenvalue weighted by atomic mass is 10.1. The first-order chi connectivity index (χ1) is 8.83. The van der Waals surface area contributed by atoms with Crippen LogP contribution < -0.4 is 0 Å². The highest BCUT2D eigenvalue weighted by Gasteiger charge is 2.10. The van der Waals surface area contributed by atoms with Crippen LogP contribution in [0.15, 0.2) is 35.0 Å². The van der Waals surface area contributed by atoms with E-state index >= 15 is 0 Å². The maximum atomic E-state index is 5.32. The molecule has 4 nitrogen and oxygen atoms in total. The molecule has 0 aliphatic rings. The van der Waals surface area contributed by atoms with Gasteiger partial charge in [0, 0.05) is 30.1 Å². The van der Waals surface area contributed by atoms with Crippen molar-refractivity contribution in [2.75, 3.05) is 0 Å². The average molecular weight is 241 g/mol.